The van der Waals surface area contributed by atoms with Crippen molar-refractivity contribution in [2.45, 2.75) is 45.4 Å². The number of anilines is 2. The molecule has 0 aromatic heterocycles. The standard InChI is InChI=1S/C27H28N2O5/c1-2-17-7-3-6-10-23(17)28-16-18(15-24(28)30)27(33)34-20-13-11-19(12-14-20)29-25(31)21-8-4-5-9-22(21)26(29)32/h3,6-7,10-14,18,21-22H,2,4-5,8-9,15-16H2,1H3/t18-,21-,22+/m1/s1. The molecule has 176 valence electrons. The number of carbonyl (C=O) groups excluding carboxylic acids is 4. The Bertz CT molecular complexity index is 1120. The minimum atomic E-state index is -0.554. The van der Waals surface area contributed by atoms with Crippen LogP contribution < -0.4 is 14.5 Å². The van der Waals surface area contributed by atoms with Gasteiger partial charge in [0.05, 0.1) is 23.4 Å². The van der Waals surface area contributed by atoms with Gasteiger partial charge in [-0.3, -0.25) is 24.1 Å². The summed E-state index contributed by atoms with van der Waals surface area (Å²) in [5.74, 6) is -1.46. The van der Waals surface area contributed by atoms with Gasteiger partial charge in [0.15, 0.2) is 0 Å². The first-order chi connectivity index (χ1) is 16.5. The smallest absolute Gasteiger partial charge is 0.316 e. The van der Waals surface area contributed by atoms with Crippen molar-refractivity contribution in [1.29, 1.82) is 0 Å². The Morgan fingerprint density at radius 1 is 0.941 bits per heavy atom. The minimum absolute atomic E-state index is 0.0919. The summed E-state index contributed by atoms with van der Waals surface area (Å²) in [6, 6.07) is 14.2. The van der Waals surface area contributed by atoms with E-state index in [9.17, 15) is 19.2 Å². The van der Waals surface area contributed by atoms with Gasteiger partial charge < -0.3 is 9.64 Å². The van der Waals surface area contributed by atoms with Gasteiger partial charge in [-0.15, -0.1) is 0 Å². The Kier molecular flexibility index (Phi) is 5.94. The lowest BCUT2D eigenvalue weighted by molar-refractivity contribution is -0.139. The summed E-state index contributed by atoms with van der Waals surface area (Å²) in [6.07, 6.45) is 4.39. The van der Waals surface area contributed by atoms with Gasteiger partial charge >= 0.3 is 5.97 Å². The van der Waals surface area contributed by atoms with Crippen LogP contribution in [0.3, 0.4) is 0 Å². The lowest BCUT2D eigenvalue weighted by Gasteiger charge is -2.19. The summed E-state index contributed by atoms with van der Waals surface area (Å²) >= 11 is 0. The highest BCUT2D eigenvalue weighted by Gasteiger charge is 2.48. The van der Waals surface area contributed by atoms with Crippen LogP contribution in [0.5, 0.6) is 5.75 Å². The number of carbonyl (C=O) groups is 4. The number of hydrogen-bond acceptors (Lipinski definition) is 5. The number of imide groups is 1. The fourth-order valence-corrected chi connectivity index (χ4v) is 5.45. The van der Waals surface area contributed by atoms with Gasteiger partial charge in [0, 0.05) is 18.7 Å². The first kappa shape index (κ1) is 22.3. The van der Waals surface area contributed by atoms with E-state index < -0.39 is 11.9 Å². The van der Waals surface area contributed by atoms with Crippen LogP contribution in [-0.2, 0) is 25.6 Å². The largest absolute Gasteiger partial charge is 0.426 e. The number of nitrogens with zero attached hydrogens (tertiary/aromatic N) is 2. The van der Waals surface area contributed by atoms with Crippen LogP contribution in [-0.4, -0.2) is 30.2 Å². The summed E-state index contributed by atoms with van der Waals surface area (Å²) in [4.78, 5) is 53.9. The molecule has 0 unspecified atom stereocenters. The molecule has 3 aliphatic rings. The lowest BCUT2D eigenvalue weighted by Crippen LogP contribution is -2.30. The highest BCUT2D eigenvalue weighted by Crippen LogP contribution is 2.40. The maximum absolute atomic E-state index is 12.8. The third-order valence-corrected chi connectivity index (χ3v) is 7.28. The topological polar surface area (TPSA) is 84.0 Å². The predicted octanol–water partition coefficient (Wildman–Crippen LogP) is 3.89. The third kappa shape index (κ3) is 3.89. The molecule has 0 bridgehead atoms. The van der Waals surface area contributed by atoms with Crippen LogP contribution in [0.15, 0.2) is 48.5 Å². The van der Waals surface area contributed by atoms with Crippen molar-refractivity contribution in [2.75, 3.05) is 16.3 Å². The van der Waals surface area contributed by atoms with Crippen molar-refractivity contribution in [1.82, 2.24) is 0 Å². The van der Waals surface area contributed by atoms with Gasteiger partial charge in [0.25, 0.3) is 0 Å². The second-order valence-corrected chi connectivity index (χ2v) is 9.31. The number of amides is 3. The fourth-order valence-electron chi connectivity index (χ4n) is 5.45. The number of rotatable bonds is 5. The molecule has 1 aliphatic carbocycles. The minimum Gasteiger partial charge on any atom is -0.426 e. The molecule has 0 spiro atoms. The van der Waals surface area contributed by atoms with E-state index in [-0.39, 0.29) is 42.5 Å². The molecule has 3 atom stereocenters. The summed E-state index contributed by atoms with van der Waals surface area (Å²) in [6.45, 7) is 2.32. The Labute approximate surface area is 198 Å². The van der Waals surface area contributed by atoms with Crippen molar-refractivity contribution in [2.24, 2.45) is 17.8 Å². The van der Waals surface area contributed by atoms with E-state index >= 15 is 0 Å². The molecule has 2 heterocycles. The van der Waals surface area contributed by atoms with Crippen LogP contribution >= 0.6 is 0 Å². The number of fused-ring (bicyclic) bond motifs is 1. The Balaban J connectivity index is 1.25. The zero-order valence-electron chi connectivity index (χ0n) is 19.2. The van der Waals surface area contributed by atoms with Gasteiger partial charge in [-0.05, 0) is 55.2 Å². The summed E-state index contributed by atoms with van der Waals surface area (Å²) in [7, 11) is 0. The van der Waals surface area contributed by atoms with Crippen molar-refractivity contribution in [3.05, 3.63) is 54.1 Å². The van der Waals surface area contributed by atoms with Gasteiger partial charge in [-0.2, -0.15) is 0 Å². The van der Waals surface area contributed by atoms with Crippen LogP contribution in [0, 0.1) is 17.8 Å². The summed E-state index contributed by atoms with van der Waals surface area (Å²) in [5.41, 5.74) is 2.41. The molecule has 2 aromatic rings. The zero-order valence-corrected chi connectivity index (χ0v) is 19.2. The summed E-state index contributed by atoms with van der Waals surface area (Å²) in [5, 5.41) is 0. The van der Waals surface area contributed by atoms with E-state index in [2.05, 4.69) is 0 Å². The molecular weight excluding hydrogens is 432 g/mol. The molecule has 2 aliphatic heterocycles. The van der Waals surface area contributed by atoms with Crippen LogP contribution in [0.25, 0.3) is 0 Å². The Morgan fingerprint density at radius 3 is 2.24 bits per heavy atom. The molecule has 0 radical (unpaired) electrons. The Hall–Kier alpha value is -3.48. The molecule has 3 amide bonds. The first-order valence-electron chi connectivity index (χ1n) is 12.1. The molecule has 1 saturated carbocycles. The summed E-state index contributed by atoms with van der Waals surface area (Å²) < 4.78 is 5.55. The Morgan fingerprint density at radius 2 is 1.59 bits per heavy atom. The van der Waals surface area contributed by atoms with Gasteiger partial charge in [-0.25, -0.2) is 0 Å². The highest BCUT2D eigenvalue weighted by atomic mass is 16.5. The zero-order chi connectivity index (χ0) is 23.8. The van der Waals surface area contributed by atoms with Crippen molar-refractivity contribution < 1.29 is 23.9 Å². The fraction of sp³-hybridized carbons (Fsp3) is 0.407. The molecule has 2 aromatic carbocycles. The maximum atomic E-state index is 12.8. The van der Waals surface area contributed by atoms with Crippen molar-refractivity contribution in [3.63, 3.8) is 0 Å². The molecule has 2 saturated heterocycles. The molecule has 34 heavy (non-hydrogen) atoms. The van der Waals surface area contributed by atoms with Crippen LogP contribution in [0.4, 0.5) is 11.4 Å². The van der Waals surface area contributed by atoms with Gasteiger partial charge in [-0.1, -0.05) is 38.0 Å². The molecule has 0 N–H and O–H groups in total. The second kappa shape index (κ2) is 9.05. The number of para-hydroxylation sites is 1. The van der Waals surface area contributed by atoms with Crippen LogP contribution in [0.2, 0.25) is 0 Å². The van der Waals surface area contributed by atoms with E-state index in [4.69, 9.17) is 4.74 Å². The van der Waals surface area contributed by atoms with Crippen molar-refractivity contribution >= 4 is 35.1 Å². The normalized spacial score (nSPS) is 24.5. The van der Waals surface area contributed by atoms with Crippen LogP contribution in [0.1, 0.15) is 44.6 Å². The second-order valence-electron chi connectivity index (χ2n) is 9.31. The monoisotopic (exact) mass is 460 g/mol. The number of hydrogen-bond donors (Lipinski definition) is 0. The lowest BCUT2D eigenvalue weighted by atomic mass is 9.81. The van der Waals surface area contributed by atoms with Crippen molar-refractivity contribution in [3.8, 4) is 5.75 Å². The molecule has 7 nitrogen and oxygen atoms in total. The quantitative estimate of drug-likeness (QED) is 0.384. The first-order valence-corrected chi connectivity index (χ1v) is 12.1. The van der Waals surface area contributed by atoms with E-state index in [0.29, 0.717) is 11.4 Å². The van der Waals surface area contributed by atoms with Gasteiger partial charge in [0.2, 0.25) is 17.7 Å². The number of esters is 1. The maximum Gasteiger partial charge on any atom is 0.316 e. The predicted molar refractivity (Wildman–Crippen MR) is 126 cm³/mol. The van der Waals surface area contributed by atoms with E-state index in [0.717, 1.165) is 43.4 Å². The third-order valence-electron chi connectivity index (χ3n) is 7.28. The van der Waals surface area contributed by atoms with Gasteiger partial charge in [0.1, 0.15) is 5.75 Å². The molecule has 5 rings (SSSR count). The van der Waals surface area contributed by atoms with E-state index in [1.54, 1.807) is 29.2 Å². The number of ether oxygens (including phenoxy) is 1. The SMILES string of the molecule is CCc1ccccc1N1C[C@H](C(=O)Oc2ccc(N3C(=O)[C@H]4CCCC[C@H]4C3=O)cc2)CC1=O. The molecule has 7 heteroatoms. The average Bonchev–Trinajstić information content (AvgIpc) is 3.37. The number of aryl methyl sites for hydroxylation is 1. The molecular formula is C27H28N2O5. The van der Waals surface area contributed by atoms with E-state index in [1.807, 2.05) is 31.2 Å². The highest BCUT2D eigenvalue weighted by molar-refractivity contribution is 6.22. The average molecular weight is 461 g/mol. The molecule has 3 fully saturated rings. The number of benzene rings is 2. The van der Waals surface area contributed by atoms with E-state index in [1.165, 1.54) is 4.90 Å².